The van der Waals surface area contributed by atoms with Gasteiger partial charge in [0.25, 0.3) is 5.91 Å². The van der Waals surface area contributed by atoms with Crippen LogP contribution < -0.4 is 19.5 Å². The van der Waals surface area contributed by atoms with Gasteiger partial charge < -0.3 is 19.2 Å². The minimum Gasteiger partial charge on any atom is -0.493 e. The van der Waals surface area contributed by atoms with Crippen LogP contribution >= 0.6 is 0 Å². The smallest absolute Gasteiger partial charge is 0.259 e. The Morgan fingerprint density at radius 3 is 2.39 bits per heavy atom. The summed E-state index contributed by atoms with van der Waals surface area (Å²) < 4.78 is 16.7. The van der Waals surface area contributed by atoms with Crippen LogP contribution in [0.15, 0.2) is 97.1 Å². The predicted octanol–water partition coefficient (Wildman–Crippen LogP) is 7.96. The van der Waals surface area contributed by atoms with Gasteiger partial charge in [0.05, 0.1) is 31.0 Å². The number of anilines is 1. The van der Waals surface area contributed by atoms with Gasteiger partial charge in [-0.25, -0.2) is 4.98 Å². The fraction of sp³-hybridized carbons (Fsp3) is 0.135. The lowest BCUT2D eigenvalue weighted by molar-refractivity contribution is 0.102. The van der Waals surface area contributed by atoms with Gasteiger partial charge in [0.2, 0.25) is 5.95 Å². The van der Waals surface area contributed by atoms with Gasteiger partial charge >= 0.3 is 0 Å². The monoisotopic (exact) mass is 609 g/mol. The fourth-order valence-corrected chi connectivity index (χ4v) is 5.79. The summed E-state index contributed by atoms with van der Waals surface area (Å²) in [6.07, 6.45) is 4.66. The molecule has 4 aromatic carbocycles. The lowest BCUT2D eigenvalue weighted by Gasteiger charge is -2.22. The van der Waals surface area contributed by atoms with E-state index in [0.717, 1.165) is 69.6 Å². The van der Waals surface area contributed by atoms with E-state index in [-0.39, 0.29) is 11.9 Å². The molecule has 0 radical (unpaired) electrons. The summed E-state index contributed by atoms with van der Waals surface area (Å²) in [6.45, 7) is 0. The van der Waals surface area contributed by atoms with Gasteiger partial charge in [0.15, 0.2) is 17.3 Å². The van der Waals surface area contributed by atoms with Gasteiger partial charge in [-0.1, -0.05) is 48.5 Å². The molecule has 1 aliphatic carbocycles. The molecule has 2 aromatic heterocycles. The number of benzene rings is 4. The van der Waals surface area contributed by atoms with Crippen LogP contribution in [0.3, 0.4) is 0 Å². The van der Waals surface area contributed by atoms with E-state index in [1.165, 1.54) is 0 Å². The minimum absolute atomic E-state index is 0.244. The van der Waals surface area contributed by atoms with Gasteiger partial charge in [0, 0.05) is 10.9 Å². The van der Waals surface area contributed by atoms with E-state index in [2.05, 4.69) is 26.6 Å². The number of H-pyrrole nitrogens is 1. The molecule has 7 rings (SSSR count). The van der Waals surface area contributed by atoms with Gasteiger partial charge in [-0.15, -0.1) is 10.2 Å². The molecule has 0 aliphatic heterocycles. The number of carbonyl (C=O) groups is 1. The molecule has 2 heterocycles. The molecule has 0 atom stereocenters. The Kier molecular flexibility index (Phi) is 7.87. The Hall–Kier alpha value is -5.96. The van der Waals surface area contributed by atoms with Crippen LogP contribution in [0.25, 0.3) is 33.9 Å². The molecule has 0 unspecified atom stereocenters. The molecule has 0 bridgehead atoms. The average Bonchev–Trinajstić information content (AvgIpc) is 3.56. The zero-order valence-electron chi connectivity index (χ0n) is 25.4. The van der Waals surface area contributed by atoms with E-state index in [1.807, 2.05) is 84.9 Å². The van der Waals surface area contributed by atoms with Gasteiger partial charge in [-0.3, -0.25) is 10.1 Å². The molecule has 0 spiro atoms. The summed E-state index contributed by atoms with van der Waals surface area (Å²) in [5.74, 6) is 3.19. The Bertz CT molecular complexity index is 2070. The van der Waals surface area contributed by atoms with Crippen LogP contribution in [0.5, 0.6) is 23.0 Å². The maximum Gasteiger partial charge on any atom is 0.259 e. The summed E-state index contributed by atoms with van der Waals surface area (Å²) in [6, 6.07) is 30.9. The highest BCUT2D eigenvalue weighted by atomic mass is 16.5. The second-order valence-electron chi connectivity index (χ2n) is 10.9. The number of amides is 1. The molecular formula is C37H31N5O4. The number of para-hydroxylation sites is 2. The summed E-state index contributed by atoms with van der Waals surface area (Å²) in [5.41, 5.74) is 6.01. The number of rotatable bonds is 8. The highest BCUT2D eigenvalue weighted by molar-refractivity contribution is 6.14. The first kappa shape index (κ1) is 28.8. The van der Waals surface area contributed by atoms with E-state index in [1.54, 1.807) is 26.4 Å². The lowest BCUT2D eigenvalue weighted by Crippen LogP contribution is -2.19. The molecular weight excluding hydrogens is 578 g/mol. The molecule has 228 valence electrons. The van der Waals surface area contributed by atoms with Crippen molar-refractivity contribution in [3.8, 4) is 34.4 Å². The number of aromatic amines is 1. The maximum atomic E-state index is 14.0. The van der Waals surface area contributed by atoms with Gasteiger partial charge in [0.1, 0.15) is 11.5 Å². The average molecular weight is 610 g/mol. The van der Waals surface area contributed by atoms with Crippen molar-refractivity contribution in [2.75, 3.05) is 19.5 Å². The summed E-state index contributed by atoms with van der Waals surface area (Å²) in [7, 11) is 3.16. The molecule has 2 N–H and O–H groups in total. The van der Waals surface area contributed by atoms with Crippen molar-refractivity contribution in [3.05, 3.63) is 119 Å². The third-order valence-electron chi connectivity index (χ3n) is 7.97. The van der Waals surface area contributed by atoms with Crippen molar-refractivity contribution in [1.82, 2.24) is 20.2 Å². The van der Waals surface area contributed by atoms with Crippen molar-refractivity contribution in [3.63, 3.8) is 0 Å². The third kappa shape index (κ3) is 5.78. The van der Waals surface area contributed by atoms with Gasteiger partial charge in [-0.2, -0.15) is 0 Å². The molecule has 1 amide bonds. The van der Waals surface area contributed by atoms with Crippen molar-refractivity contribution < 1.29 is 19.0 Å². The van der Waals surface area contributed by atoms with Crippen molar-refractivity contribution >= 4 is 34.4 Å². The van der Waals surface area contributed by atoms with E-state index in [9.17, 15) is 4.79 Å². The van der Waals surface area contributed by atoms with Crippen LogP contribution in [-0.2, 0) is 6.42 Å². The number of hydrogen-bond acceptors (Lipinski definition) is 7. The first-order valence-electron chi connectivity index (χ1n) is 15.0. The van der Waals surface area contributed by atoms with E-state index < -0.39 is 0 Å². The number of carbonyl (C=O) groups excluding carboxylic acids is 1. The molecule has 46 heavy (non-hydrogen) atoms. The molecule has 9 nitrogen and oxygen atoms in total. The molecule has 0 saturated carbocycles. The normalized spacial score (nSPS) is 13.3. The van der Waals surface area contributed by atoms with Crippen LogP contribution in [0.4, 0.5) is 5.95 Å². The highest BCUT2D eigenvalue weighted by Crippen LogP contribution is 2.37. The van der Waals surface area contributed by atoms with Crippen molar-refractivity contribution in [1.29, 1.82) is 0 Å². The molecule has 1 aliphatic rings. The second-order valence-corrected chi connectivity index (χ2v) is 10.9. The van der Waals surface area contributed by atoms with E-state index in [4.69, 9.17) is 19.2 Å². The highest BCUT2D eigenvalue weighted by Gasteiger charge is 2.26. The first-order chi connectivity index (χ1) is 22.6. The fourth-order valence-electron chi connectivity index (χ4n) is 5.79. The Labute approximate surface area is 265 Å². The largest absolute Gasteiger partial charge is 0.493 e. The van der Waals surface area contributed by atoms with E-state index in [0.29, 0.717) is 22.9 Å². The van der Waals surface area contributed by atoms with Crippen LogP contribution in [0.2, 0.25) is 0 Å². The number of hydrogen-bond donors (Lipinski definition) is 2. The number of nitrogens with one attached hydrogen (secondary N) is 2. The quantitative estimate of drug-likeness (QED) is 0.180. The summed E-state index contributed by atoms with van der Waals surface area (Å²) in [5, 5.41) is 12.2. The van der Waals surface area contributed by atoms with Crippen molar-refractivity contribution in [2.24, 2.45) is 0 Å². The summed E-state index contributed by atoms with van der Waals surface area (Å²) in [4.78, 5) is 22.2. The van der Waals surface area contributed by atoms with Crippen LogP contribution in [-0.4, -0.2) is 40.3 Å². The molecule has 9 heteroatoms. The maximum absolute atomic E-state index is 14.0. The van der Waals surface area contributed by atoms with Crippen molar-refractivity contribution in [2.45, 2.75) is 19.3 Å². The number of pyridine rings is 1. The Morgan fingerprint density at radius 2 is 1.59 bits per heavy atom. The number of methoxy groups -OCH3 is 2. The summed E-state index contributed by atoms with van der Waals surface area (Å²) >= 11 is 0. The molecule has 0 saturated heterocycles. The second kappa shape index (κ2) is 12.6. The number of nitrogens with zero attached hydrogens (tertiary/aromatic N) is 3. The van der Waals surface area contributed by atoms with Crippen LogP contribution in [0.1, 0.15) is 40.0 Å². The number of allylic oxidation sites excluding steroid dienone is 1. The zero-order valence-corrected chi connectivity index (χ0v) is 25.4. The molecule has 0 fully saturated rings. The topological polar surface area (TPSA) is 111 Å². The number of aromatic nitrogens is 4. The number of fused-ring (bicyclic) bond motifs is 2. The predicted molar refractivity (Wildman–Crippen MR) is 178 cm³/mol. The zero-order chi connectivity index (χ0) is 31.5. The standard InChI is InChI=1S/C37H31N5O4/c1-44-31-20-17-25(22-32(31)45-2)35-39-37(42-41-35)40-36(43)33-28-12-6-7-14-30(28)38-34-24(9-8-13-29(33)34)21-23-15-18-27(19-16-23)46-26-10-4-3-5-11-26/h3-7,10-12,14-22H,8-9,13H2,1-2H3,(H2,39,40,41,42,43)/b24-21-. The third-order valence-corrected chi connectivity index (χ3v) is 7.97. The number of ether oxygens (including phenoxy) is 3. The first-order valence-corrected chi connectivity index (χ1v) is 15.0. The molecule has 6 aromatic rings. The Balaban J connectivity index is 1.19. The van der Waals surface area contributed by atoms with Gasteiger partial charge in [-0.05, 0) is 90.6 Å². The lowest BCUT2D eigenvalue weighted by atomic mass is 9.85. The Morgan fingerprint density at radius 1 is 0.826 bits per heavy atom. The minimum atomic E-state index is -0.270. The van der Waals surface area contributed by atoms with E-state index >= 15 is 0 Å². The van der Waals surface area contributed by atoms with Crippen LogP contribution in [0, 0.1) is 0 Å². The SMILES string of the molecule is COc1ccc(-c2nnc(NC(=O)c3c4c(nc5ccccc35)/C(=C\c3ccc(Oc5ccccc5)cc3)CCC4)[nH]2)cc1OC.